The van der Waals surface area contributed by atoms with Crippen LogP contribution in [0.3, 0.4) is 0 Å². The van der Waals surface area contributed by atoms with Gasteiger partial charge in [0, 0.05) is 5.69 Å². The molecule has 1 unspecified atom stereocenters. The van der Waals surface area contributed by atoms with Crippen LogP contribution in [0.4, 0.5) is 10.5 Å². The molecular weight excluding hydrogens is 370 g/mol. The smallest absolute Gasteiger partial charge is 0.305 e. The number of nitrogens with one attached hydrogen (secondary N) is 1. The van der Waals surface area contributed by atoms with Gasteiger partial charge in [-0.25, -0.2) is 14.1 Å². The zero-order valence-corrected chi connectivity index (χ0v) is 16.7. The number of hydrogen-bond donors (Lipinski definition) is 2. The number of rotatable bonds is 2. The molecule has 0 radical (unpaired) electrons. The number of anilines is 1. The van der Waals surface area contributed by atoms with Crippen LogP contribution < -0.4 is 10.5 Å². The van der Waals surface area contributed by atoms with Crippen molar-refractivity contribution in [3.8, 4) is 0 Å². The van der Waals surface area contributed by atoms with Crippen LogP contribution in [0.15, 0.2) is 34.7 Å². The van der Waals surface area contributed by atoms with Gasteiger partial charge in [-0.15, -0.1) is 4.36 Å². The minimum atomic E-state index is -3.11. The van der Waals surface area contributed by atoms with Gasteiger partial charge in [0.15, 0.2) is 0 Å². The lowest BCUT2D eigenvalue weighted by atomic mass is 9.99. The minimum absolute atomic E-state index is 0.317. The molecule has 3 aliphatic rings. The zero-order valence-electron chi connectivity index (χ0n) is 15.9. The summed E-state index contributed by atoms with van der Waals surface area (Å²) in [5.74, 6) is 0. The monoisotopic (exact) mass is 395 g/mol. The molecule has 5 rings (SSSR count). The Balaban J connectivity index is 1.42. The second-order valence-corrected chi connectivity index (χ2v) is 10.2. The highest BCUT2D eigenvalue weighted by molar-refractivity contribution is 7.92. The molecule has 0 aliphatic heterocycles. The van der Waals surface area contributed by atoms with Gasteiger partial charge in [-0.1, -0.05) is 30.3 Å². The summed E-state index contributed by atoms with van der Waals surface area (Å²) in [6.45, 7) is 0. The van der Waals surface area contributed by atoms with Crippen molar-refractivity contribution in [2.45, 2.75) is 56.6 Å². The fraction of sp³-hybridized carbons (Fsp3) is 0.409. The normalized spacial score (nSPS) is 19.6. The predicted octanol–water partition coefficient (Wildman–Crippen LogP) is 3.71. The van der Waals surface area contributed by atoms with Gasteiger partial charge in [0.05, 0.1) is 5.25 Å². The second kappa shape index (κ2) is 6.71. The lowest BCUT2D eigenvalue weighted by molar-refractivity contribution is 0.260. The molecule has 3 N–H and O–H groups in total. The number of benzene rings is 2. The number of aryl methyl sites for hydroxylation is 2. The number of carbonyl (C=O) groups is 1. The molecular formula is C22H25N3O2S. The highest BCUT2D eigenvalue weighted by Crippen LogP contribution is 2.38. The van der Waals surface area contributed by atoms with E-state index in [0.717, 1.165) is 55.3 Å². The molecule has 0 saturated heterocycles. The fourth-order valence-electron chi connectivity index (χ4n) is 5.06. The first kappa shape index (κ1) is 17.9. The van der Waals surface area contributed by atoms with E-state index < -0.39 is 15.9 Å². The molecule has 0 bridgehead atoms. The number of fused-ring (bicyclic) bond motifs is 3. The van der Waals surface area contributed by atoms with Gasteiger partial charge < -0.3 is 5.32 Å². The van der Waals surface area contributed by atoms with Gasteiger partial charge >= 0.3 is 6.03 Å². The Labute approximate surface area is 166 Å². The predicted molar refractivity (Wildman–Crippen MR) is 112 cm³/mol. The number of carbonyl (C=O) groups excluding carboxylic acids is 1. The van der Waals surface area contributed by atoms with Crippen LogP contribution in [0.2, 0.25) is 0 Å². The molecule has 0 heterocycles. The van der Waals surface area contributed by atoms with E-state index in [9.17, 15) is 9.00 Å². The van der Waals surface area contributed by atoms with E-state index in [1.807, 2.05) is 24.3 Å². The topological polar surface area (TPSA) is 84.6 Å². The maximum Gasteiger partial charge on any atom is 0.354 e. The van der Waals surface area contributed by atoms with E-state index in [2.05, 4.69) is 15.7 Å². The van der Waals surface area contributed by atoms with E-state index in [0.29, 0.717) is 12.8 Å². The summed E-state index contributed by atoms with van der Waals surface area (Å²) in [6, 6.07) is 9.75. The molecule has 6 heteroatoms. The number of nitrogens with zero attached hydrogens (tertiary/aromatic N) is 1. The van der Waals surface area contributed by atoms with Crippen molar-refractivity contribution in [1.29, 1.82) is 0 Å². The van der Waals surface area contributed by atoms with Crippen molar-refractivity contribution < 1.29 is 9.00 Å². The summed E-state index contributed by atoms with van der Waals surface area (Å²) < 4.78 is 17.1. The van der Waals surface area contributed by atoms with Crippen LogP contribution in [0, 0.1) is 0 Å². The van der Waals surface area contributed by atoms with E-state index in [1.165, 1.54) is 22.3 Å². The molecule has 0 aromatic heterocycles. The van der Waals surface area contributed by atoms with Crippen molar-refractivity contribution >= 4 is 21.6 Å². The second-order valence-electron chi connectivity index (χ2n) is 8.17. The Morgan fingerprint density at radius 2 is 1.54 bits per heavy atom. The number of nitrogens with two attached hydrogens (primary N) is 1. The Hall–Kier alpha value is -2.18. The maximum absolute atomic E-state index is 13.1. The Bertz CT molecular complexity index is 1040. The fourth-order valence-corrected chi connectivity index (χ4v) is 6.35. The molecule has 0 fully saturated rings. The summed E-state index contributed by atoms with van der Waals surface area (Å²) in [6.07, 6.45) is 7.55. The molecule has 1 atom stereocenters. The summed E-state index contributed by atoms with van der Waals surface area (Å²) in [5.41, 5.74) is 8.38. The molecule has 28 heavy (non-hydrogen) atoms. The van der Waals surface area contributed by atoms with Crippen LogP contribution in [0.1, 0.15) is 46.2 Å². The van der Waals surface area contributed by atoms with Crippen molar-refractivity contribution in [2.75, 3.05) is 5.32 Å². The first-order valence-corrected chi connectivity index (χ1v) is 11.7. The number of urea groups is 1. The van der Waals surface area contributed by atoms with E-state index in [-0.39, 0.29) is 5.25 Å². The largest absolute Gasteiger partial charge is 0.354 e. The van der Waals surface area contributed by atoms with Gasteiger partial charge in [-0.05, 0) is 84.7 Å². The van der Waals surface area contributed by atoms with Crippen molar-refractivity contribution in [3.05, 3.63) is 63.7 Å². The molecule has 0 spiro atoms. The molecule has 2 amide bonds. The molecule has 5 nitrogen and oxygen atoms in total. The zero-order chi connectivity index (χ0) is 19.3. The lowest BCUT2D eigenvalue weighted by Crippen LogP contribution is -2.30. The van der Waals surface area contributed by atoms with Gasteiger partial charge in [0.25, 0.3) is 0 Å². The molecule has 0 saturated carbocycles. The first-order chi connectivity index (χ1) is 13.5. The summed E-state index contributed by atoms with van der Waals surface area (Å²) in [4.78, 5) is 12.7. The van der Waals surface area contributed by atoms with Crippen LogP contribution >= 0.6 is 0 Å². The average molecular weight is 396 g/mol. The maximum atomic E-state index is 13.1. The van der Waals surface area contributed by atoms with Gasteiger partial charge in [-0.2, -0.15) is 0 Å². The van der Waals surface area contributed by atoms with Gasteiger partial charge in [-0.3, -0.25) is 0 Å². The third kappa shape index (κ3) is 3.05. The van der Waals surface area contributed by atoms with Crippen molar-refractivity contribution in [1.82, 2.24) is 0 Å². The van der Waals surface area contributed by atoms with E-state index in [4.69, 9.17) is 5.14 Å². The SMILES string of the molecule is NS(=O)(=NC(=O)Nc1c2c(cc3c1CCC3)CCC2)C1Cc2ccccc2C1. The molecule has 2 aromatic rings. The summed E-state index contributed by atoms with van der Waals surface area (Å²) in [5, 5.41) is 8.74. The van der Waals surface area contributed by atoms with E-state index >= 15 is 0 Å². The average Bonchev–Trinajstić information content (AvgIpc) is 3.39. The van der Waals surface area contributed by atoms with E-state index in [1.54, 1.807) is 0 Å². The van der Waals surface area contributed by atoms with Crippen LogP contribution in [-0.2, 0) is 48.4 Å². The van der Waals surface area contributed by atoms with Crippen molar-refractivity contribution in [3.63, 3.8) is 0 Å². The standard InChI is InChI=1S/C22H25N3O2S/c23-28(27,18-12-14-5-1-2-6-15(14)13-18)25-22(26)24-21-19-9-3-7-16(19)11-17-8-4-10-20(17)21/h1-2,5-6,11,18H,3-4,7-10,12-13H2,(H3,23,24,25,26,27). The first-order valence-electron chi connectivity index (χ1n) is 10.1. The number of amides is 2. The Kier molecular flexibility index (Phi) is 4.29. The van der Waals surface area contributed by atoms with Gasteiger partial charge in [0.2, 0.25) is 0 Å². The third-order valence-corrected chi connectivity index (χ3v) is 8.16. The minimum Gasteiger partial charge on any atom is -0.305 e. The third-order valence-electron chi connectivity index (χ3n) is 6.42. The quantitative estimate of drug-likeness (QED) is 0.812. The number of hydrogen-bond acceptors (Lipinski definition) is 2. The van der Waals surface area contributed by atoms with Crippen molar-refractivity contribution in [2.24, 2.45) is 9.50 Å². The summed E-state index contributed by atoms with van der Waals surface area (Å²) in [7, 11) is -3.11. The van der Waals surface area contributed by atoms with Crippen LogP contribution in [-0.4, -0.2) is 15.5 Å². The van der Waals surface area contributed by atoms with Crippen LogP contribution in [0.25, 0.3) is 0 Å². The molecule has 3 aliphatic carbocycles. The van der Waals surface area contributed by atoms with Gasteiger partial charge in [0.1, 0.15) is 9.92 Å². The highest BCUT2D eigenvalue weighted by atomic mass is 32.2. The molecule has 2 aromatic carbocycles. The van der Waals surface area contributed by atoms with Crippen LogP contribution in [0.5, 0.6) is 0 Å². The highest BCUT2D eigenvalue weighted by Gasteiger charge is 2.30. The Morgan fingerprint density at radius 3 is 2.11 bits per heavy atom. The lowest BCUT2D eigenvalue weighted by Gasteiger charge is -2.16. The molecule has 146 valence electrons. The summed E-state index contributed by atoms with van der Waals surface area (Å²) >= 11 is 0. The Morgan fingerprint density at radius 1 is 0.964 bits per heavy atom.